The Hall–Kier alpha value is -2.97. The number of carbonyl (C=O) groups is 1. The zero-order chi connectivity index (χ0) is 22.4. The normalized spacial score (nSPS) is 15.9. The molecule has 4 aromatic rings. The van der Waals surface area contributed by atoms with Crippen LogP contribution >= 0.6 is 31.9 Å². The molecule has 1 atom stereocenters. The molecule has 2 aromatic heterocycles. The molecule has 1 N–H and O–H groups in total. The van der Waals surface area contributed by atoms with Crippen molar-refractivity contribution in [3.63, 3.8) is 0 Å². The largest absolute Gasteiger partial charge is 0.444 e. The lowest BCUT2D eigenvalue weighted by molar-refractivity contribution is 0.0676. The number of hydrogen-bond donors (Lipinski definition) is 1. The number of amides is 1. The molecule has 0 spiro atoms. The van der Waals surface area contributed by atoms with Gasteiger partial charge in [0.1, 0.15) is 0 Å². The first-order chi connectivity index (χ1) is 15.4. The number of aromatic nitrogens is 1. The lowest BCUT2D eigenvalue weighted by atomic mass is 9.98. The van der Waals surface area contributed by atoms with Crippen LogP contribution in [0.3, 0.4) is 0 Å². The predicted octanol–water partition coefficient (Wildman–Crippen LogP) is 5.95. The minimum absolute atomic E-state index is 0.149. The van der Waals surface area contributed by atoms with E-state index in [1.165, 1.54) is 5.01 Å². The zero-order valence-corrected chi connectivity index (χ0v) is 20.1. The summed E-state index contributed by atoms with van der Waals surface area (Å²) in [6.45, 7) is 1.98. The number of aryl methyl sites for hydroxylation is 1. The molecule has 0 unspecified atom stereocenters. The highest BCUT2D eigenvalue weighted by Crippen LogP contribution is 2.34. The van der Waals surface area contributed by atoms with E-state index in [2.05, 4.69) is 41.9 Å². The van der Waals surface area contributed by atoms with Crippen LogP contribution in [0.2, 0.25) is 0 Å². The summed E-state index contributed by atoms with van der Waals surface area (Å²) in [6.07, 6.45) is 0.412. The van der Waals surface area contributed by atoms with Gasteiger partial charge in [0.25, 0.3) is 5.56 Å². The fourth-order valence-corrected chi connectivity index (χ4v) is 4.45. The Morgan fingerprint density at radius 1 is 1.09 bits per heavy atom. The molecule has 0 saturated heterocycles. The van der Waals surface area contributed by atoms with Crippen LogP contribution < -0.4 is 5.56 Å². The fourth-order valence-electron chi connectivity index (χ4n) is 3.88. The van der Waals surface area contributed by atoms with Gasteiger partial charge in [0.15, 0.2) is 10.4 Å². The number of H-pyrrole nitrogens is 1. The van der Waals surface area contributed by atoms with Crippen LogP contribution in [-0.2, 0) is 0 Å². The van der Waals surface area contributed by atoms with E-state index < -0.39 is 11.9 Å². The lowest BCUT2D eigenvalue weighted by Gasteiger charge is -2.20. The number of halogens is 2. The number of nitrogens with zero attached hydrogens (tertiary/aromatic N) is 2. The maximum atomic E-state index is 13.3. The van der Waals surface area contributed by atoms with Crippen LogP contribution in [0.5, 0.6) is 0 Å². The average molecular weight is 555 g/mol. The van der Waals surface area contributed by atoms with Gasteiger partial charge in [-0.25, -0.2) is 5.01 Å². The predicted molar refractivity (Wildman–Crippen MR) is 130 cm³/mol. The number of carbonyl (C=O) groups excluding carboxylic acids is 1. The number of hydrazone groups is 1. The van der Waals surface area contributed by atoms with Crippen molar-refractivity contribution in [2.75, 3.05) is 0 Å². The highest BCUT2D eigenvalue weighted by molar-refractivity contribution is 9.10. The summed E-state index contributed by atoms with van der Waals surface area (Å²) in [6, 6.07) is 18.1. The maximum absolute atomic E-state index is 13.3. The van der Waals surface area contributed by atoms with Crippen LogP contribution in [0.4, 0.5) is 0 Å². The summed E-state index contributed by atoms with van der Waals surface area (Å²) >= 11 is 6.68. The summed E-state index contributed by atoms with van der Waals surface area (Å²) in [5, 5.41) is 6.88. The third kappa shape index (κ3) is 3.84. The van der Waals surface area contributed by atoms with Crippen LogP contribution in [0, 0.1) is 6.92 Å². The van der Waals surface area contributed by atoms with E-state index in [0.717, 1.165) is 32.2 Å². The maximum Gasteiger partial charge on any atom is 0.310 e. The van der Waals surface area contributed by atoms with Gasteiger partial charge in [-0.05, 0) is 75.8 Å². The molecule has 2 aromatic carbocycles. The molecule has 6 nitrogen and oxygen atoms in total. The van der Waals surface area contributed by atoms with Crippen molar-refractivity contribution in [1.29, 1.82) is 0 Å². The monoisotopic (exact) mass is 553 g/mol. The van der Waals surface area contributed by atoms with Crippen molar-refractivity contribution in [2.45, 2.75) is 19.4 Å². The average Bonchev–Trinajstić information content (AvgIpc) is 3.40. The third-order valence-electron chi connectivity index (χ3n) is 5.47. The van der Waals surface area contributed by atoms with Crippen LogP contribution in [0.1, 0.15) is 39.7 Å². The molecule has 32 heavy (non-hydrogen) atoms. The van der Waals surface area contributed by atoms with Crippen molar-refractivity contribution in [1.82, 2.24) is 9.99 Å². The number of rotatable bonds is 3. The van der Waals surface area contributed by atoms with Crippen molar-refractivity contribution >= 4 is 54.4 Å². The van der Waals surface area contributed by atoms with Gasteiger partial charge < -0.3 is 9.40 Å². The summed E-state index contributed by atoms with van der Waals surface area (Å²) in [5.74, 6) is -0.258. The Morgan fingerprint density at radius 2 is 1.88 bits per heavy atom. The summed E-state index contributed by atoms with van der Waals surface area (Å²) in [7, 11) is 0. The first-order valence-electron chi connectivity index (χ1n) is 9.95. The Labute approximate surface area is 200 Å². The van der Waals surface area contributed by atoms with Gasteiger partial charge in [0.05, 0.1) is 11.8 Å². The van der Waals surface area contributed by atoms with E-state index in [4.69, 9.17) is 4.42 Å². The molecule has 8 heteroatoms. The molecule has 1 aliphatic rings. The topological polar surface area (TPSA) is 78.7 Å². The smallest absolute Gasteiger partial charge is 0.310 e. The number of fused-ring (bicyclic) bond motifs is 1. The molecule has 0 fully saturated rings. The van der Waals surface area contributed by atoms with Gasteiger partial charge in [-0.2, -0.15) is 5.10 Å². The third-order valence-corrected chi connectivity index (χ3v) is 6.42. The van der Waals surface area contributed by atoms with Crippen LogP contribution in [-0.4, -0.2) is 21.6 Å². The SMILES string of the molecule is Cc1ccc2cc([C@@H]3CC(c4ccc(Br)cc4)=NN3C(=O)c3ccc(Br)o3)c(=O)[nH]c2c1. The molecule has 3 heterocycles. The Kier molecular flexibility index (Phi) is 5.35. The Balaban J connectivity index is 1.61. The molecule has 0 bridgehead atoms. The number of benzene rings is 2. The number of nitrogens with one attached hydrogen (secondary N) is 1. The van der Waals surface area contributed by atoms with Crippen LogP contribution in [0.15, 0.2) is 84.1 Å². The second kappa shape index (κ2) is 8.18. The molecule has 0 aliphatic carbocycles. The Bertz CT molecular complexity index is 1440. The van der Waals surface area contributed by atoms with Gasteiger partial charge >= 0.3 is 5.91 Å². The van der Waals surface area contributed by atoms with E-state index in [-0.39, 0.29) is 11.3 Å². The highest BCUT2D eigenvalue weighted by atomic mass is 79.9. The van der Waals surface area contributed by atoms with Gasteiger partial charge in [-0.15, -0.1) is 0 Å². The molecule has 1 amide bonds. The number of furan rings is 1. The van der Waals surface area contributed by atoms with Crippen LogP contribution in [0.25, 0.3) is 10.9 Å². The van der Waals surface area contributed by atoms with Gasteiger partial charge in [-0.3, -0.25) is 9.59 Å². The van der Waals surface area contributed by atoms with E-state index in [1.807, 2.05) is 55.5 Å². The molecule has 0 saturated carbocycles. The second-order valence-corrected chi connectivity index (χ2v) is 9.37. The van der Waals surface area contributed by atoms with Crippen molar-refractivity contribution in [2.24, 2.45) is 5.10 Å². The van der Waals surface area contributed by atoms with Crippen molar-refractivity contribution in [3.05, 3.63) is 103 Å². The van der Waals surface area contributed by atoms with E-state index in [0.29, 0.717) is 16.7 Å². The number of pyridine rings is 1. The molecule has 5 rings (SSSR count). The van der Waals surface area contributed by atoms with E-state index >= 15 is 0 Å². The van der Waals surface area contributed by atoms with Gasteiger partial charge in [-0.1, -0.05) is 40.2 Å². The van der Waals surface area contributed by atoms with Crippen molar-refractivity contribution in [3.8, 4) is 0 Å². The second-order valence-electron chi connectivity index (χ2n) is 7.67. The van der Waals surface area contributed by atoms with E-state index in [1.54, 1.807) is 12.1 Å². The number of aromatic amines is 1. The van der Waals surface area contributed by atoms with E-state index in [9.17, 15) is 9.59 Å². The quantitative estimate of drug-likeness (QED) is 0.340. The fraction of sp³-hybridized carbons (Fsp3) is 0.125. The standard InChI is InChI=1S/C24H17Br2N3O3/c1-13-2-3-15-11-17(23(30)27-18(15)10-13)20-12-19(14-4-6-16(25)7-5-14)28-29(20)24(31)21-8-9-22(26)32-21/h2-11,20H,12H2,1H3,(H,27,30)/t20-/m0/s1. The molecule has 0 radical (unpaired) electrons. The lowest BCUT2D eigenvalue weighted by Crippen LogP contribution is -2.30. The Morgan fingerprint density at radius 3 is 2.59 bits per heavy atom. The minimum Gasteiger partial charge on any atom is -0.444 e. The molecule has 160 valence electrons. The molecular weight excluding hydrogens is 538 g/mol. The van der Waals surface area contributed by atoms with Crippen molar-refractivity contribution < 1.29 is 9.21 Å². The number of hydrogen-bond acceptors (Lipinski definition) is 4. The summed E-state index contributed by atoms with van der Waals surface area (Å²) in [4.78, 5) is 29.3. The highest BCUT2D eigenvalue weighted by Gasteiger charge is 2.36. The van der Waals surface area contributed by atoms with Gasteiger partial charge in [0.2, 0.25) is 0 Å². The zero-order valence-electron chi connectivity index (χ0n) is 16.9. The summed E-state index contributed by atoms with van der Waals surface area (Å²) < 4.78 is 6.88. The first kappa shape index (κ1) is 20.9. The van der Waals surface area contributed by atoms with Gasteiger partial charge in [0, 0.05) is 22.0 Å². The minimum atomic E-state index is -0.556. The summed E-state index contributed by atoms with van der Waals surface area (Å²) in [5.41, 5.74) is 3.68. The molecule has 1 aliphatic heterocycles. The molecular formula is C24H17Br2N3O3. The first-order valence-corrected chi connectivity index (χ1v) is 11.5.